The SMILES string of the molecule is CCOC(=O)C(N=Nc1ccccc1)=P(N=S(C)(C)=O)(c1ccccc1)c1ccccc1. The molecule has 0 radical (unpaired) electrons. The normalized spacial score (nSPS) is 11.8. The zero-order chi connectivity index (χ0) is 23.0. The molecular weight excluding hydrogens is 441 g/mol. The second kappa shape index (κ2) is 10.5. The number of carbonyl (C=O) groups excluding carboxylic acids is 1. The first-order valence-electron chi connectivity index (χ1n) is 10.1. The topological polar surface area (TPSA) is 80.4 Å². The van der Waals surface area contributed by atoms with E-state index in [2.05, 4.69) is 10.2 Å². The quantitative estimate of drug-likeness (QED) is 0.285. The van der Waals surface area contributed by atoms with Gasteiger partial charge in [0.25, 0.3) is 0 Å². The molecule has 0 aliphatic heterocycles. The molecule has 0 aliphatic carbocycles. The molecule has 0 amide bonds. The molecule has 3 rings (SSSR count). The van der Waals surface area contributed by atoms with Crippen LogP contribution in [0.3, 0.4) is 0 Å². The van der Waals surface area contributed by atoms with Crippen molar-refractivity contribution in [3.8, 4) is 0 Å². The van der Waals surface area contributed by atoms with Gasteiger partial charge in [0.15, 0.2) is 5.42 Å². The minimum atomic E-state index is -3.12. The van der Waals surface area contributed by atoms with Crippen molar-refractivity contribution >= 4 is 44.4 Å². The third kappa shape index (κ3) is 5.61. The summed E-state index contributed by atoms with van der Waals surface area (Å²) in [5, 5.41) is 10.2. The molecule has 0 saturated carbocycles. The fourth-order valence-corrected chi connectivity index (χ4v) is 9.06. The van der Waals surface area contributed by atoms with E-state index >= 15 is 0 Å². The van der Waals surface area contributed by atoms with E-state index in [1.165, 1.54) is 0 Å². The Labute approximate surface area is 189 Å². The lowest BCUT2D eigenvalue weighted by Crippen LogP contribution is -2.27. The summed E-state index contributed by atoms with van der Waals surface area (Å²) in [5.74, 6) is -0.624. The van der Waals surface area contributed by atoms with Gasteiger partial charge in [0.2, 0.25) is 0 Å². The highest BCUT2D eigenvalue weighted by Crippen LogP contribution is 2.50. The molecule has 0 unspecified atom stereocenters. The summed E-state index contributed by atoms with van der Waals surface area (Å²) in [4.78, 5) is 13.3. The molecule has 0 heterocycles. The zero-order valence-corrected chi connectivity index (χ0v) is 20.0. The fourth-order valence-electron chi connectivity index (χ4n) is 3.14. The van der Waals surface area contributed by atoms with Crippen molar-refractivity contribution in [3.63, 3.8) is 0 Å². The number of azo groups is 1. The van der Waals surface area contributed by atoms with Crippen molar-refractivity contribution in [2.24, 2.45) is 14.4 Å². The summed E-state index contributed by atoms with van der Waals surface area (Å²) >= 11 is 0. The van der Waals surface area contributed by atoms with Crippen LogP contribution >= 0.6 is 7.04 Å². The molecule has 32 heavy (non-hydrogen) atoms. The maximum Gasteiger partial charge on any atom is 0.361 e. The smallest absolute Gasteiger partial charge is 0.361 e. The van der Waals surface area contributed by atoms with Crippen molar-refractivity contribution in [1.29, 1.82) is 0 Å². The lowest BCUT2D eigenvalue weighted by molar-refractivity contribution is -0.134. The Bertz CT molecular complexity index is 1220. The number of hydrogen-bond acceptors (Lipinski definition) is 5. The van der Waals surface area contributed by atoms with E-state index in [9.17, 15) is 9.00 Å². The molecule has 0 atom stereocenters. The molecule has 166 valence electrons. The predicted molar refractivity (Wildman–Crippen MR) is 134 cm³/mol. The number of hydrogen-bond donors (Lipinski definition) is 0. The molecule has 0 bridgehead atoms. The van der Waals surface area contributed by atoms with Crippen LogP contribution in [0.25, 0.3) is 0 Å². The molecule has 3 aromatic rings. The van der Waals surface area contributed by atoms with E-state index in [-0.39, 0.29) is 12.0 Å². The summed E-state index contributed by atoms with van der Waals surface area (Å²) in [6.45, 7) is 1.90. The van der Waals surface area contributed by atoms with E-state index < -0.39 is 22.7 Å². The van der Waals surface area contributed by atoms with Gasteiger partial charge in [-0.05, 0) is 19.1 Å². The van der Waals surface area contributed by atoms with Crippen molar-refractivity contribution < 1.29 is 13.7 Å². The predicted octanol–water partition coefficient (Wildman–Crippen LogP) is 4.77. The minimum Gasteiger partial charge on any atom is -0.461 e. The number of esters is 1. The van der Waals surface area contributed by atoms with E-state index in [1.54, 1.807) is 31.6 Å². The Kier molecular flexibility index (Phi) is 7.78. The van der Waals surface area contributed by atoms with Gasteiger partial charge in [-0.1, -0.05) is 78.9 Å². The van der Waals surface area contributed by atoms with E-state index in [0.717, 1.165) is 10.6 Å². The number of carbonyl (C=O) groups is 1. The highest BCUT2D eigenvalue weighted by Gasteiger charge is 2.34. The molecule has 0 aliphatic rings. The van der Waals surface area contributed by atoms with E-state index in [1.807, 2.05) is 78.9 Å². The molecule has 0 aromatic heterocycles. The average molecular weight is 468 g/mol. The van der Waals surface area contributed by atoms with Crippen molar-refractivity contribution in [3.05, 3.63) is 91.0 Å². The Morgan fingerprint density at radius 1 is 0.844 bits per heavy atom. The maximum absolute atomic E-state index is 13.3. The molecule has 0 N–H and O–H groups in total. The second-order valence-corrected chi connectivity index (χ2v) is 12.9. The van der Waals surface area contributed by atoms with Gasteiger partial charge in [-0.25, -0.2) is 8.93 Å². The standard InChI is InChI=1S/C24H26N3O3PS/c1-4-30-24(28)23(26-25-20-14-8-5-9-15-20)31(27-32(2,3)29,21-16-10-6-11-17-21)22-18-12-7-13-19-22/h5-19H,4H2,1-3H3. The summed E-state index contributed by atoms with van der Waals surface area (Å²) in [7, 11) is -5.78. The van der Waals surface area contributed by atoms with Crippen LogP contribution in [-0.2, 0) is 19.3 Å². The lowest BCUT2D eigenvalue weighted by Gasteiger charge is -2.25. The Morgan fingerprint density at radius 3 is 1.75 bits per heavy atom. The van der Waals surface area contributed by atoms with Crippen LogP contribution in [-0.4, -0.2) is 34.7 Å². The largest absolute Gasteiger partial charge is 0.461 e. The third-order valence-corrected chi connectivity index (χ3v) is 9.89. The minimum absolute atomic E-state index is 0.0528. The van der Waals surface area contributed by atoms with Gasteiger partial charge in [0.1, 0.15) is 0 Å². The fraction of sp³-hybridized carbons (Fsp3) is 0.167. The van der Waals surface area contributed by atoms with Crippen molar-refractivity contribution in [2.45, 2.75) is 6.92 Å². The molecule has 8 heteroatoms. The average Bonchev–Trinajstić information content (AvgIpc) is 2.79. The zero-order valence-electron chi connectivity index (χ0n) is 18.3. The van der Waals surface area contributed by atoms with Crippen LogP contribution in [0.4, 0.5) is 5.69 Å². The van der Waals surface area contributed by atoms with Crippen LogP contribution in [0.15, 0.2) is 105 Å². The molecule has 3 aromatic carbocycles. The monoisotopic (exact) mass is 467 g/mol. The summed E-state index contributed by atoms with van der Waals surface area (Å²) in [5.41, 5.74) is 0.638. The van der Waals surface area contributed by atoms with E-state index in [4.69, 9.17) is 8.87 Å². The van der Waals surface area contributed by atoms with Crippen LogP contribution < -0.4 is 10.6 Å². The van der Waals surface area contributed by atoms with Crippen LogP contribution in [0.5, 0.6) is 0 Å². The highest BCUT2D eigenvalue weighted by atomic mass is 32.2. The lowest BCUT2D eigenvalue weighted by atomic mass is 10.3. The summed E-state index contributed by atoms with van der Waals surface area (Å²) in [6.07, 6.45) is 3.12. The van der Waals surface area contributed by atoms with Gasteiger partial charge in [0, 0.05) is 32.8 Å². The first-order valence-corrected chi connectivity index (χ1v) is 14.1. The van der Waals surface area contributed by atoms with Crippen LogP contribution in [0.2, 0.25) is 0 Å². The maximum atomic E-state index is 13.3. The summed E-state index contributed by atoms with van der Waals surface area (Å²) in [6, 6.07) is 27.9. The van der Waals surface area contributed by atoms with Gasteiger partial charge in [-0.2, -0.15) is 5.11 Å². The Hall–Kier alpha value is -3.02. The van der Waals surface area contributed by atoms with Gasteiger partial charge >= 0.3 is 5.97 Å². The second-order valence-electron chi connectivity index (χ2n) is 7.15. The molecule has 0 saturated heterocycles. The number of rotatable bonds is 7. The Balaban J connectivity index is 2.53. The Morgan fingerprint density at radius 2 is 1.31 bits per heavy atom. The summed E-state index contributed by atoms with van der Waals surface area (Å²) < 4.78 is 23.4. The molecule has 0 spiro atoms. The van der Waals surface area contributed by atoms with Gasteiger partial charge in [-0.3, -0.25) is 4.21 Å². The van der Waals surface area contributed by atoms with Gasteiger partial charge in [-0.15, -0.1) is 5.11 Å². The van der Waals surface area contributed by atoms with Crippen LogP contribution in [0, 0.1) is 0 Å². The van der Waals surface area contributed by atoms with Gasteiger partial charge < -0.3 is 4.74 Å². The number of benzene rings is 3. The first-order chi connectivity index (χ1) is 15.4. The molecular formula is C24H26N3O3PS. The van der Waals surface area contributed by atoms with Crippen molar-refractivity contribution in [2.75, 3.05) is 19.1 Å². The highest BCUT2D eigenvalue weighted by molar-refractivity contribution is 8.01. The van der Waals surface area contributed by atoms with Gasteiger partial charge in [0.05, 0.1) is 19.3 Å². The third-order valence-electron chi connectivity index (χ3n) is 4.36. The first kappa shape index (κ1) is 23.6. The van der Waals surface area contributed by atoms with Crippen molar-refractivity contribution in [1.82, 2.24) is 0 Å². The van der Waals surface area contributed by atoms with Crippen LogP contribution in [0.1, 0.15) is 6.92 Å². The number of nitrogens with zero attached hydrogens (tertiary/aromatic N) is 3. The molecule has 6 nitrogen and oxygen atoms in total. The van der Waals surface area contributed by atoms with E-state index in [0.29, 0.717) is 5.69 Å². The molecule has 0 fully saturated rings. The number of ether oxygens (including phenoxy) is 1.